The van der Waals surface area contributed by atoms with Crippen LogP contribution in [0.4, 0.5) is 0 Å². The van der Waals surface area contributed by atoms with Crippen LogP contribution in [0.15, 0.2) is 23.4 Å². The first-order valence-electron chi connectivity index (χ1n) is 4.14. The van der Waals surface area contributed by atoms with Gasteiger partial charge in [0.15, 0.2) is 5.82 Å². The van der Waals surface area contributed by atoms with Crippen LogP contribution in [-0.2, 0) is 6.54 Å². The molecule has 0 radical (unpaired) electrons. The Labute approximate surface area is 79.6 Å². The Balaban J connectivity index is 2.27. The van der Waals surface area contributed by atoms with Gasteiger partial charge in [-0.2, -0.15) is 5.10 Å². The van der Waals surface area contributed by atoms with Crippen molar-refractivity contribution in [2.45, 2.75) is 13.5 Å². The number of aromatic nitrogens is 5. The molecule has 14 heavy (non-hydrogen) atoms. The van der Waals surface area contributed by atoms with Gasteiger partial charge in [0.05, 0.1) is 12.7 Å². The lowest BCUT2D eigenvalue weighted by Gasteiger charge is -1.98. The van der Waals surface area contributed by atoms with E-state index in [0.717, 1.165) is 5.82 Å². The molecule has 0 saturated carbocycles. The standard InChI is InChI=1S/C8H9N5O/c1-6-10-7(12-11-6)5-13-3-2-9-4-8(13)14/h2-4H,5H2,1H3,(H,10,11,12). The van der Waals surface area contributed by atoms with Gasteiger partial charge in [0.1, 0.15) is 5.82 Å². The second-order valence-electron chi connectivity index (χ2n) is 2.88. The van der Waals surface area contributed by atoms with Crippen molar-refractivity contribution in [1.29, 1.82) is 0 Å². The maximum Gasteiger partial charge on any atom is 0.269 e. The summed E-state index contributed by atoms with van der Waals surface area (Å²) in [5.74, 6) is 1.33. The Morgan fingerprint density at radius 2 is 2.43 bits per heavy atom. The van der Waals surface area contributed by atoms with Crippen LogP contribution < -0.4 is 5.56 Å². The van der Waals surface area contributed by atoms with Gasteiger partial charge in [-0.05, 0) is 6.92 Å². The average molecular weight is 191 g/mol. The van der Waals surface area contributed by atoms with Crippen molar-refractivity contribution in [3.63, 3.8) is 0 Å². The smallest absolute Gasteiger partial charge is 0.269 e. The number of aromatic amines is 1. The molecule has 2 aromatic heterocycles. The van der Waals surface area contributed by atoms with Crippen LogP contribution in [0, 0.1) is 6.92 Å². The summed E-state index contributed by atoms with van der Waals surface area (Å²) in [5.41, 5.74) is -0.157. The van der Waals surface area contributed by atoms with Crippen molar-refractivity contribution >= 4 is 0 Å². The van der Waals surface area contributed by atoms with Crippen LogP contribution in [0.25, 0.3) is 0 Å². The molecular weight excluding hydrogens is 182 g/mol. The predicted molar refractivity (Wildman–Crippen MR) is 48.7 cm³/mol. The molecule has 2 aromatic rings. The van der Waals surface area contributed by atoms with E-state index in [9.17, 15) is 4.79 Å². The minimum atomic E-state index is -0.157. The third-order valence-electron chi connectivity index (χ3n) is 1.76. The molecule has 0 unspecified atom stereocenters. The van der Waals surface area contributed by atoms with E-state index < -0.39 is 0 Å². The van der Waals surface area contributed by atoms with Crippen molar-refractivity contribution in [2.24, 2.45) is 0 Å². The SMILES string of the molecule is Cc1nc(Cn2ccncc2=O)n[nH]1. The lowest BCUT2D eigenvalue weighted by atomic mass is 10.5. The van der Waals surface area contributed by atoms with Crippen LogP contribution in [0.3, 0.4) is 0 Å². The predicted octanol–water partition coefficient (Wildman–Crippen LogP) is -0.282. The van der Waals surface area contributed by atoms with Crippen molar-refractivity contribution < 1.29 is 0 Å². The molecule has 6 nitrogen and oxygen atoms in total. The van der Waals surface area contributed by atoms with E-state index in [1.54, 1.807) is 12.4 Å². The quantitative estimate of drug-likeness (QED) is 0.708. The Morgan fingerprint density at radius 3 is 3.07 bits per heavy atom. The van der Waals surface area contributed by atoms with Crippen molar-refractivity contribution in [2.75, 3.05) is 0 Å². The Morgan fingerprint density at radius 1 is 1.57 bits per heavy atom. The minimum Gasteiger partial charge on any atom is -0.305 e. The zero-order valence-electron chi connectivity index (χ0n) is 7.64. The fraction of sp³-hybridized carbons (Fsp3) is 0.250. The molecule has 0 atom stereocenters. The average Bonchev–Trinajstić information content (AvgIpc) is 2.56. The first-order valence-corrected chi connectivity index (χ1v) is 4.14. The van der Waals surface area contributed by atoms with Crippen LogP contribution in [0.5, 0.6) is 0 Å². The topological polar surface area (TPSA) is 76.5 Å². The second-order valence-corrected chi connectivity index (χ2v) is 2.88. The summed E-state index contributed by atoms with van der Waals surface area (Å²) >= 11 is 0. The molecule has 0 fully saturated rings. The highest BCUT2D eigenvalue weighted by Crippen LogP contribution is 1.92. The Hall–Kier alpha value is -1.98. The molecule has 0 amide bonds. The van der Waals surface area contributed by atoms with E-state index >= 15 is 0 Å². The largest absolute Gasteiger partial charge is 0.305 e. The van der Waals surface area contributed by atoms with Crippen molar-refractivity contribution in [1.82, 2.24) is 24.7 Å². The Bertz CT molecular complexity index is 486. The first-order chi connectivity index (χ1) is 6.75. The highest BCUT2D eigenvalue weighted by Gasteiger charge is 2.01. The molecule has 0 aliphatic rings. The molecule has 0 aromatic carbocycles. The van der Waals surface area contributed by atoms with Gasteiger partial charge in [0.2, 0.25) is 0 Å². The van der Waals surface area contributed by atoms with Crippen LogP contribution in [0.1, 0.15) is 11.6 Å². The lowest BCUT2D eigenvalue weighted by molar-refractivity contribution is 0.709. The highest BCUT2D eigenvalue weighted by molar-refractivity contribution is 4.91. The second kappa shape index (κ2) is 3.41. The lowest BCUT2D eigenvalue weighted by Crippen LogP contribution is -2.19. The number of hydrogen-bond acceptors (Lipinski definition) is 4. The summed E-state index contributed by atoms with van der Waals surface area (Å²) < 4.78 is 1.50. The van der Waals surface area contributed by atoms with E-state index in [-0.39, 0.29) is 5.56 Å². The number of rotatable bonds is 2. The minimum absolute atomic E-state index is 0.157. The maximum absolute atomic E-state index is 11.3. The normalized spacial score (nSPS) is 10.4. The number of nitrogens with one attached hydrogen (secondary N) is 1. The summed E-state index contributed by atoms with van der Waals surface area (Å²) in [4.78, 5) is 19.1. The van der Waals surface area contributed by atoms with E-state index in [2.05, 4.69) is 20.2 Å². The Kier molecular flexibility index (Phi) is 2.10. The molecular formula is C8H9N5O. The monoisotopic (exact) mass is 191 g/mol. The van der Waals surface area contributed by atoms with E-state index in [4.69, 9.17) is 0 Å². The summed E-state index contributed by atoms with van der Waals surface area (Å²) in [6.07, 6.45) is 4.43. The van der Waals surface area contributed by atoms with Crippen molar-refractivity contribution in [3.05, 3.63) is 40.6 Å². The van der Waals surface area contributed by atoms with Crippen LogP contribution >= 0.6 is 0 Å². The van der Waals surface area contributed by atoms with Gasteiger partial charge in [-0.15, -0.1) is 0 Å². The molecule has 0 spiro atoms. The zero-order chi connectivity index (χ0) is 9.97. The van der Waals surface area contributed by atoms with Gasteiger partial charge in [-0.25, -0.2) is 4.98 Å². The molecule has 0 bridgehead atoms. The summed E-state index contributed by atoms with van der Waals surface area (Å²) in [5, 5.41) is 6.65. The third-order valence-corrected chi connectivity index (χ3v) is 1.76. The third kappa shape index (κ3) is 1.68. The summed E-state index contributed by atoms with van der Waals surface area (Å²) in [6, 6.07) is 0. The number of H-pyrrole nitrogens is 1. The molecule has 0 aliphatic heterocycles. The van der Waals surface area contributed by atoms with Crippen LogP contribution in [-0.4, -0.2) is 24.7 Å². The number of nitrogens with zero attached hydrogens (tertiary/aromatic N) is 4. The summed E-state index contributed by atoms with van der Waals surface area (Å²) in [6.45, 7) is 2.18. The zero-order valence-corrected chi connectivity index (χ0v) is 7.64. The molecule has 72 valence electrons. The first kappa shape index (κ1) is 8.61. The summed E-state index contributed by atoms with van der Waals surface area (Å²) in [7, 11) is 0. The fourth-order valence-electron chi connectivity index (χ4n) is 1.12. The molecule has 2 rings (SSSR count). The van der Waals surface area contributed by atoms with Crippen molar-refractivity contribution in [3.8, 4) is 0 Å². The molecule has 2 heterocycles. The number of hydrogen-bond donors (Lipinski definition) is 1. The van der Waals surface area contributed by atoms with Gasteiger partial charge in [-0.3, -0.25) is 14.9 Å². The van der Waals surface area contributed by atoms with Crippen LogP contribution in [0.2, 0.25) is 0 Å². The maximum atomic E-state index is 11.3. The number of aryl methyl sites for hydroxylation is 1. The molecule has 0 aliphatic carbocycles. The van der Waals surface area contributed by atoms with E-state index in [1.165, 1.54) is 10.8 Å². The van der Waals surface area contributed by atoms with Gasteiger partial charge in [-0.1, -0.05) is 0 Å². The molecule has 6 heteroatoms. The van der Waals surface area contributed by atoms with E-state index in [0.29, 0.717) is 12.4 Å². The fourth-order valence-corrected chi connectivity index (χ4v) is 1.12. The highest BCUT2D eigenvalue weighted by atomic mass is 16.1. The van der Waals surface area contributed by atoms with Gasteiger partial charge < -0.3 is 4.57 Å². The molecule has 1 N–H and O–H groups in total. The van der Waals surface area contributed by atoms with Gasteiger partial charge >= 0.3 is 0 Å². The van der Waals surface area contributed by atoms with Gasteiger partial charge in [0, 0.05) is 12.4 Å². The van der Waals surface area contributed by atoms with E-state index in [1.807, 2.05) is 6.92 Å². The molecule has 0 saturated heterocycles. The van der Waals surface area contributed by atoms with Gasteiger partial charge in [0.25, 0.3) is 5.56 Å².